The highest BCUT2D eigenvalue weighted by molar-refractivity contribution is 14.0. The number of nitrogens with one attached hydrogen (secondary N) is 2. The van der Waals surface area contributed by atoms with E-state index in [1.807, 2.05) is 0 Å². The van der Waals surface area contributed by atoms with Gasteiger partial charge in [-0.1, -0.05) is 37.3 Å². The topological polar surface area (TPSA) is 52.6 Å². The summed E-state index contributed by atoms with van der Waals surface area (Å²) >= 11 is 1.72. The monoisotopic (exact) mass is 513 g/mol. The highest BCUT2D eigenvalue weighted by atomic mass is 127. The first-order chi connectivity index (χ1) is 13.3. The molecule has 1 unspecified atom stereocenters. The number of rotatable bonds is 7. The van der Waals surface area contributed by atoms with Crippen molar-refractivity contribution in [2.75, 3.05) is 19.6 Å². The van der Waals surface area contributed by atoms with Crippen molar-refractivity contribution >= 4 is 41.3 Å². The fourth-order valence-electron chi connectivity index (χ4n) is 3.42. The lowest BCUT2D eigenvalue weighted by Gasteiger charge is -2.34. The number of aryl methyl sites for hydroxylation is 1. The molecule has 1 aromatic carbocycles. The number of piperidine rings is 1. The van der Waals surface area contributed by atoms with Crippen molar-refractivity contribution in [1.29, 1.82) is 0 Å². The standard InChI is InChI=1S/C21H31N5S.HI/c1-3-20-24-19(16-27-20)13-23-21(22-4-2)25-18-11-8-12-26(15-18)14-17-9-6-5-7-10-17;/h5-7,9-10,16,18H,3-4,8,11-15H2,1-2H3,(H2,22,23,25);1H. The Kier molecular flexibility index (Phi) is 10.2. The summed E-state index contributed by atoms with van der Waals surface area (Å²) in [4.78, 5) is 11.9. The second kappa shape index (κ2) is 12.4. The number of halogens is 1. The highest BCUT2D eigenvalue weighted by Gasteiger charge is 2.20. The number of aliphatic imine (C=N–C) groups is 1. The first-order valence-electron chi connectivity index (χ1n) is 10.0. The molecule has 0 aliphatic carbocycles. The number of likely N-dealkylation sites (tertiary alicyclic amines) is 1. The summed E-state index contributed by atoms with van der Waals surface area (Å²) < 4.78 is 0. The van der Waals surface area contributed by atoms with Crippen LogP contribution in [0.1, 0.15) is 43.0 Å². The van der Waals surface area contributed by atoms with E-state index in [0.29, 0.717) is 12.6 Å². The van der Waals surface area contributed by atoms with E-state index in [1.54, 1.807) is 11.3 Å². The molecule has 2 aromatic rings. The van der Waals surface area contributed by atoms with Gasteiger partial charge >= 0.3 is 0 Å². The minimum Gasteiger partial charge on any atom is -0.357 e. The number of hydrogen-bond acceptors (Lipinski definition) is 4. The molecule has 2 heterocycles. The molecule has 28 heavy (non-hydrogen) atoms. The number of hydrogen-bond donors (Lipinski definition) is 2. The van der Waals surface area contributed by atoms with Crippen LogP contribution in [0.3, 0.4) is 0 Å². The molecule has 154 valence electrons. The van der Waals surface area contributed by atoms with Crippen molar-refractivity contribution in [2.24, 2.45) is 4.99 Å². The van der Waals surface area contributed by atoms with Crippen LogP contribution in [0.25, 0.3) is 0 Å². The zero-order chi connectivity index (χ0) is 18.9. The summed E-state index contributed by atoms with van der Waals surface area (Å²) in [5, 5.41) is 10.3. The van der Waals surface area contributed by atoms with Gasteiger partial charge in [-0.25, -0.2) is 9.98 Å². The number of guanidine groups is 1. The van der Waals surface area contributed by atoms with Gasteiger partial charge in [-0.3, -0.25) is 4.90 Å². The van der Waals surface area contributed by atoms with Gasteiger partial charge in [0.1, 0.15) is 0 Å². The third-order valence-corrected chi connectivity index (χ3v) is 5.78. The van der Waals surface area contributed by atoms with Crippen LogP contribution in [-0.4, -0.2) is 41.5 Å². The van der Waals surface area contributed by atoms with Gasteiger partial charge in [0.05, 0.1) is 17.2 Å². The van der Waals surface area contributed by atoms with Crippen LogP contribution in [0.5, 0.6) is 0 Å². The molecular weight excluding hydrogens is 481 g/mol. The SMILES string of the molecule is CCNC(=NCc1csc(CC)n1)NC1CCCN(Cc2ccccc2)C1.I. The molecule has 7 heteroatoms. The minimum atomic E-state index is 0. The van der Waals surface area contributed by atoms with Gasteiger partial charge in [0, 0.05) is 31.1 Å². The fraction of sp³-hybridized carbons (Fsp3) is 0.524. The number of nitrogens with zero attached hydrogens (tertiary/aromatic N) is 3. The normalized spacial score (nSPS) is 17.8. The number of benzene rings is 1. The largest absolute Gasteiger partial charge is 0.357 e. The van der Waals surface area contributed by atoms with E-state index in [-0.39, 0.29) is 24.0 Å². The Hall–Kier alpha value is -1.19. The Morgan fingerprint density at radius 1 is 1.29 bits per heavy atom. The lowest BCUT2D eigenvalue weighted by atomic mass is 10.0. The van der Waals surface area contributed by atoms with Crippen LogP contribution in [-0.2, 0) is 19.5 Å². The maximum atomic E-state index is 4.75. The van der Waals surface area contributed by atoms with Gasteiger partial charge in [-0.15, -0.1) is 35.3 Å². The molecule has 1 saturated heterocycles. The van der Waals surface area contributed by atoms with Gasteiger partial charge in [0.25, 0.3) is 0 Å². The molecule has 0 bridgehead atoms. The molecule has 1 fully saturated rings. The Morgan fingerprint density at radius 3 is 2.82 bits per heavy atom. The van der Waals surface area contributed by atoms with E-state index in [9.17, 15) is 0 Å². The second-order valence-electron chi connectivity index (χ2n) is 6.99. The van der Waals surface area contributed by atoms with E-state index < -0.39 is 0 Å². The van der Waals surface area contributed by atoms with Gasteiger partial charge in [0.2, 0.25) is 0 Å². The molecule has 2 N–H and O–H groups in total. The first kappa shape index (κ1) is 23.1. The van der Waals surface area contributed by atoms with E-state index in [1.165, 1.54) is 30.0 Å². The third-order valence-electron chi connectivity index (χ3n) is 4.74. The summed E-state index contributed by atoms with van der Waals surface area (Å²) in [6.07, 6.45) is 3.40. The van der Waals surface area contributed by atoms with Crippen molar-refractivity contribution in [3.63, 3.8) is 0 Å². The minimum absolute atomic E-state index is 0. The Morgan fingerprint density at radius 2 is 2.11 bits per heavy atom. The molecule has 1 aromatic heterocycles. The maximum Gasteiger partial charge on any atom is 0.191 e. The summed E-state index contributed by atoms with van der Waals surface area (Å²) in [7, 11) is 0. The quantitative estimate of drug-likeness (QED) is 0.334. The van der Waals surface area contributed by atoms with E-state index in [4.69, 9.17) is 4.99 Å². The Balaban J connectivity index is 0.00000280. The molecular formula is C21H32IN5S. The van der Waals surface area contributed by atoms with E-state index in [2.05, 4.69) is 70.1 Å². The second-order valence-corrected chi connectivity index (χ2v) is 7.93. The molecule has 5 nitrogen and oxygen atoms in total. The summed E-state index contributed by atoms with van der Waals surface area (Å²) in [5.41, 5.74) is 2.44. The predicted molar refractivity (Wildman–Crippen MR) is 130 cm³/mol. The van der Waals surface area contributed by atoms with Crippen LogP contribution in [0, 0.1) is 0 Å². The summed E-state index contributed by atoms with van der Waals surface area (Å²) in [6, 6.07) is 11.2. The zero-order valence-corrected chi connectivity index (χ0v) is 20.0. The summed E-state index contributed by atoms with van der Waals surface area (Å²) in [6.45, 7) is 8.98. The maximum absolute atomic E-state index is 4.75. The fourth-order valence-corrected chi connectivity index (χ4v) is 4.15. The average Bonchev–Trinajstić information content (AvgIpc) is 3.16. The van der Waals surface area contributed by atoms with Gasteiger partial charge in [0.15, 0.2) is 5.96 Å². The van der Waals surface area contributed by atoms with Crippen molar-refractivity contribution in [3.8, 4) is 0 Å². The molecule has 0 spiro atoms. The molecule has 1 aliphatic rings. The van der Waals surface area contributed by atoms with Crippen LogP contribution >= 0.6 is 35.3 Å². The molecule has 0 amide bonds. The lowest BCUT2D eigenvalue weighted by Crippen LogP contribution is -2.51. The molecule has 1 aliphatic heterocycles. The van der Waals surface area contributed by atoms with Crippen LogP contribution in [0.2, 0.25) is 0 Å². The van der Waals surface area contributed by atoms with Crippen molar-refractivity contribution in [2.45, 2.75) is 52.2 Å². The van der Waals surface area contributed by atoms with E-state index in [0.717, 1.165) is 37.7 Å². The van der Waals surface area contributed by atoms with Crippen LogP contribution in [0.15, 0.2) is 40.7 Å². The molecule has 0 radical (unpaired) electrons. The van der Waals surface area contributed by atoms with Crippen LogP contribution < -0.4 is 10.6 Å². The molecule has 1 atom stereocenters. The molecule has 3 rings (SSSR count). The lowest BCUT2D eigenvalue weighted by molar-refractivity contribution is 0.192. The zero-order valence-electron chi connectivity index (χ0n) is 16.9. The van der Waals surface area contributed by atoms with Crippen LogP contribution in [0.4, 0.5) is 0 Å². The predicted octanol–water partition coefficient (Wildman–Crippen LogP) is 4.04. The van der Waals surface area contributed by atoms with Crippen molar-refractivity contribution in [3.05, 3.63) is 52.0 Å². The van der Waals surface area contributed by atoms with Gasteiger partial charge in [-0.2, -0.15) is 0 Å². The van der Waals surface area contributed by atoms with Gasteiger partial charge < -0.3 is 10.6 Å². The number of thiazole rings is 1. The molecule has 0 saturated carbocycles. The number of aromatic nitrogens is 1. The Labute approximate surface area is 190 Å². The summed E-state index contributed by atoms with van der Waals surface area (Å²) in [5.74, 6) is 0.898. The van der Waals surface area contributed by atoms with E-state index >= 15 is 0 Å². The van der Waals surface area contributed by atoms with Gasteiger partial charge in [-0.05, 0) is 38.3 Å². The van der Waals surface area contributed by atoms with Crippen molar-refractivity contribution < 1.29 is 0 Å². The highest BCUT2D eigenvalue weighted by Crippen LogP contribution is 2.14. The first-order valence-corrected chi connectivity index (χ1v) is 10.9. The average molecular weight is 513 g/mol. The smallest absolute Gasteiger partial charge is 0.191 e. The Bertz CT molecular complexity index is 719. The third kappa shape index (κ3) is 7.33. The van der Waals surface area contributed by atoms with Crippen molar-refractivity contribution in [1.82, 2.24) is 20.5 Å².